The molecule has 20 heavy (non-hydrogen) atoms. The summed E-state index contributed by atoms with van der Waals surface area (Å²) < 4.78 is 0. The lowest BCUT2D eigenvalue weighted by atomic mass is 9.96. The van der Waals surface area contributed by atoms with E-state index in [1.54, 1.807) is 12.3 Å². The van der Waals surface area contributed by atoms with E-state index in [1.165, 1.54) is 6.07 Å². The number of nitro groups is 1. The van der Waals surface area contributed by atoms with Crippen LogP contribution in [0.5, 0.6) is 0 Å². The van der Waals surface area contributed by atoms with Gasteiger partial charge in [-0.15, -0.1) is 0 Å². The third-order valence-corrected chi connectivity index (χ3v) is 3.10. The number of anilines is 1. The molecule has 0 spiro atoms. The molecule has 1 unspecified atom stereocenters. The molecule has 104 valence electrons. The van der Waals surface area contributed by atoms with Crippen LogP contribution in [0.15, 0.2) is 48.7 Å². The van der Waals surface area contributed by atoms with Crippen LogP contribution in [-0.4, -0.2) is 9.91 Å². The Morgan fingerprint density at radius 2 is 1.85 bits per heavy atom. The molecule has 0 fully saturated rings. The zero-order valence-corrected chi connectivity index (χ0v) is 11.5. The molecule has 1 aromatic heterocycles. The molecule has 1 heterocycles. The molecular formula is C15H17N3O2. The maximum absolute atomic E-state index is 11.0. The van der Waals surface area contributed by atoms with Crippen LogP contribution in [0.3, 0.4) is 0 Å². The zero-order valence-electron chi connectivity index (χ0n) is 11.5. The van der Waals surface area contributed by atoms with E-state index >= 15 is 0 Å². The van der Waals surface area contributed by atoms with Crippen LogP contribution in [-0.2, 0) is 0 Å². The van der Waals surface area contributed by atoms with Crippen molar-refractivity contribution in [3.05, 3.63) is 64.3 Å². The van der Waals surface area contributed by atoms with Gasteiger partial charge < -0.3 is 5.32 Å². The lowest BCUT2D eigenvalue weighted by Gasteiger charge is -2.23. The Bertz CT molecular complexity index is 585. The van der Waals surface area contributed by atoms with Gasteiger partial charge in [0.2, 0.25) is 5.82 Å². The van der Waals surface area contributed by atoms with Gasteiger partial charge in [0.05, 0.1) is 11.0 Å². The second-order valence-electron chi connectivity index (χ2n) is 4.90. The number of nitrogens with zero attached hydrogens (tertiary/aromatic N) is 2. The Labute approximate surface area is 117 Å². The smallest absolute Gasteiger partial charge is 0.311 e. The Hall–Kier alpha value is -2.43. The van der Waals surface area contributed by atoms with Crippen molar-refractivity contribution < 1.29 is 4.92 Å². The van der Waals surface area contributed by atoms with Gasteiger partial charge in [0, 0.05) is 12.3 Å². The molecule has 5 heteroatoms. The molecule has 0 radical (unpaired) electrons. The van der Waals surface area contributed by atoms with Crippen molar-refractivity contribution in [2.24, 2.45) is 5.92 Å². The van der Waals surface area contributed by atoms with E-state index in [0.717, 1.165) is 5.56 Å². The first kappa shape index (κ1) is 14.0. The van der Waals surface area contributed by atoms with Crippen LogP contribution in [0, 0.1) is 16.0 Å². The fourth-order valence-electron chi connectivity index (χ4n) is 2.10. The van der Waals surface area contributed by atoms with Crippen LogP contribution >= 0.6 is 0 Å². The molecule has 0 saturated heterocycles. The summed E-state index contributed by atoms with van der Waals surface area (Å²) in [6.45, 7) is 4.14. The summed E-state index contributed by atoms with van der Waals surface area (Å²) in [6.07, 6.45) is 1.55. The third-order valence-electron chi connectivity index (χ3n) is 3.10. The predicted octanol–water partition coefficient (Wildman–Crippen LogP) is 3.80. The minimum absolute atomic E-state index is 0.00548. The van der Waals surface area contributed by atoms with Crippen molar-refractivity contribution >= 4 is 11.5 Å². The molecule has 0 saturated carbocycles. The Kier molecular flexibility index (Phi) is 4.30. The van der Waals surface area contributed by atoms with Gasteiger partial charge in [0.1, 0.15) is 0 Å². The summed E-state index contributed by atoms with van der Waals surface area (Å²) in [5.74, 6) is 0.582. The maximum Gasteiger partial charge on any atom is 0.311 e. The molecule has 0 aliphatic heterocycles. The summed E-state index contributed by atoms with van der Waals surface area (Å²) in [4.78, 5) is 14.7. The molecular weight excluding hydrogens is 254 g/mol. The average Bonchev–Trinajstić information content (AvgIpc) is 2.45. The van der Waals surface area contributed by atoms with Crippen molar-refractivity contribution in [3.63, 3.8) is 0 Å². The standard InChI is InChI=1S/C15H17N3O2/c1-11(2)14(12-7-4-3-5-8-12)17-15-13(18(19)20)9-6-10-16-15/h3-11,14H,1-2H3,(H,16,17). The molecule has 2 aromatic rings. The van der Waals surface area contributed by atoms with Crippen molar-refractivity contribution in [3.8, 4) is 0 Å². The maximum atomic E-state index is 11.0. The summed E-state index contributed by atoms with van der Waals surface area (Å²) in [7, 11) is 0. The molecule has 1 aromatic carbocycles. The topological polar surface area (TPSA) is 68.1 Å². The summed E-state index contributed by atoms with van der Waals surface area (Å²) in [6, 6.07) is 12.9. The average molecular weight is 271 g/mol. The largest absolute Gasteiger partial charge is 0.357 e. The minimum Gasteiger partial charge on any atom is -0.357 e. The molecule has 1 N–H and O–H groups in total. The molecule has 2 rings (SSSR count). The summed E-state index contributed by atoms with van der Waals surface area (Å²) in [5.41, 5.74) is 1.08. The van der Waals surface area contributed by atoms with Crippen LogP contribution in [0.25, 0.3) is 0 Å². The molecule has 0 aliphatic rings. The fourth-order valence-corrected chi connectivity index (χ4v) is 2.10. The Morgan fingerprint density at radius 3 is 2.45 bits per heavy atom. The number of hydrogen-bond acceptors (Lipinski definition) is 4. The van der Waals surface area contributed by atoms with Gasteiger partial charge in [-0.05, 0) is 17.5 Å². The first-order valence-corrected chi connectivity index (χ1v) is 6.50. The number of aromatic nitrogens is 1. The van der Waals surface area contributed by atoms with E-state index in [4.69, 9.17) is 0 Å². The van der Waals surface area contributed by atoms with E-state index in [0.29, 0.717) is 5.82 Å². The Balaban J connectivity index is 2.33. The lowest BCUT2D eigenvalue weighted by Crippen LogP contribution is -2.18. The minimum atomic E-state index is -0.419. The molecule has 1 atom stereocenters. The SMILES string of the molecule is CC(C)C(Nc1ncccc1[N+](=O)[O-])c1ccccc1. The number of hydrogen-bond donors (Lipinski definition) is 1. The predicted molar refractivity (Wildman–Crippen MR) is 78.5 cm³/mol. The number of nitrogens with one attached hydrogen (secondary N) is 1. The molecule has 5 nitrogen and oxygen atoms in total. The van der Waals surface area contributed by atoms with E-state index < -0.39 is 4.92 Å². The van der Waals surface area contributed by atoms with Crippen LogP contribution in [0.2, 0.25) is 0 Å². The number of rotatable bonds is 5. The quantitative estimate of drug-likeness (QED) is 0.663. The highest BCUT2D eigenvalue weighted by Crippen LogP contribution is 2.29. The molecule has 0 amide bonds. The highest BCUT2D eigenvalue weighted by Gasteiger charge is 2.21. The van der Waals surface area contributed by atoms with Gasteiger partial charge >= 0.3 is 5.69 Å². The van der Waals surface area contributed by atoms with Crippen molar-refractivity contribution in [2.45, 2.75) is 19.9 Å². The van der Waals surface area contributed by atoms with Gasteiger partial charge in [0.25, 0.3) is 0 Å². The van der Waals surface area contributed by atoms with Crippen molar-refractivity contribution in [2.75, 3.05) is 5.32 Å². The van der Waals surface area contributed by atoms with E-state index in [1.807, 2.05) is 30.3 Å². The highest BCUT2D eigenvalue weighted by atomic mass is 16.6. The van der Waals surface area contributed by atoms with Crippen LogP contribution in [0.1, 0.15) is 25.5 Å². The van der Waals surface area contributed by atoms with Crippen LogP contribution in [0.4, 0.5) is 11.5 Å². The van der Waals surface area contributed by atoms with Crippen LogP contribution < -0.4 is 5.32 Å². The molecule has 0 aliphatic carbocycles. The summed E-state index contributed by atoms with van der Waals surface area (Å²) in [5, 5.41) is 14.2. The monoisotopic (exact) mass is 271 g/mol. The van der Waals surface area contributed by atoms with Crippen molar-refractivity contribution in [1.82, 2.24) is 4.98 Å². The van der Waals surface area contributed by atoms with Gasteiger partial charge in [-0.25, -0.2) is 4.98 Å². The molecule has 0 bridgehead atoms. The summed E-state index contributed by atoms with van der Waals surface area (Å²) >= 11 is 0. The van der Waals surface area contributed by atoms with E-state index in [-0.39, 0.29) is 17.6 Å². The van der Waals surface area contributed by atoms with Gasteiger partial charge in [-0.1, -0.05) is 44.2 Å². The van der Waals surface area contributed by atoms with Crippen molar-refractivity contribution in [1.29, 1.82) is 0 Å². The second kappa shape index (κ2) is 6.14. The normalized spacial score (nSPS) is 12.2. The number of pyridine rings is 1. The Morgan fingerprint density at radius 1 is 1.15 bits per heavy atom. The fraction of sp³-hybridized carbons (Fsp3) is 0.267. The van der Waals surface area contributed by atoms with Gasteiger partial charge in [-0.3, -0.25) is 10.1 Å². The van der Waals surface area contributed by atoms with E-state index in [9.17, 15) is 10.1 Å². The lowest BCUT2D eigenvalue weighted by molar-refractivity contribution is -0.384. The number of benzene rings is 1. The van der Waals surface area contributed by atoms with Gasteiger partial charge in [-0.2, -0.15) is 0 Å². The first-order valence-electron chi connectivity index (χ1n) is 6.50. The first-order chi connectivity index (χ1) is 9.59. The van der Waals surface area contributed by atoms with E-state index in [2.05, 4.69) is 24.1 Å². The second-order valence-corrected chi connectivity index (χ2v) is 4.90. The zero-order chi connectivity index (χ0) is 14.5. The highest BCUT2D eigenvalue weighted by molar-refractivity contribution is 5.56. The third kappa shape index (κ3) is 3.12. The van der Waals surface area contributed by atoms with Gasteiger partial charge in [0.15, 0.2) is 0 Å².